The van der Waals surface area contributed by atoms with Gasteiger partial charge in [0.2, 0.25) is 0 Å². The van der Waals surface area contributed by atoms with E-state index in [1.807, 2.05) is 6.07 Å². The first kappa shape index (κ1) is 10.7. The number of benzene rings is 1. The number of nitrogens with zero attached hydrogens (tertiary/aromatic N) is 1. The summed E-state index contributed by atoms with van der Waals surface area (Å²) in [5.74, 6) is 1.06. The third kappa shape index (κ3) is 1.13. The van der Waals surface area contributed by atoms with Gasteiger partial charge in [0.05, 0.1) is 0 Å². The highest BCUT2D eigenvalue weighted by atomic mass is 16.5. The van der Waals surface area contributed by atoms with E-state index in [1.165, 1.54) is 24.8 Å². The maximum Gasteiger partial charge on any atom is 0.165 e. The number of para-hydroxylation sites is 1. The molecule has 2 bridgehead atoms. The Kier molecular flexibility index (Phi) is 2.03. The molecule has 1 saturated carbocycles. The molecule has 1 saturated heterocycles. The predicted molar refractivity (Wildman–Crippen MR) is 69.1 cm³/mol. The van der Waals surface area contributed by atoms with Gasteiger partial charge in [-0.25, -0.2) is 0 Å². The number of likely N-dealkylation sites (N-methyl/N-ethyl adjacent to an activating group) is 1. The minimum atomic E-state index is 0.170. The molecule has 2 heterocycles. The quantitative estimate of drug-likeness (QED) is 0.761. The molecule has 96 valence electrons. The molecule has 0 amide bonds. The number of phenols is 1. The van der Waals surface area contributed by atoms with Crippen molar-refractivity contribution in [3.63, 3.8) is 0 Å². The summed E-state index contributed by atoms with van der Waals surface area (Å²) in [4.78, 5) is 2.44. The van der Waals surface area contributed by atoms with Crippen molar-refractivity contribution in [3.8, 4) is 11.5 Å². The molecule has 18 heavy (non-hydrogen) atoms. The normalized spacial score (nSPS) is 37.8. The van der Waals surface area contributed by atoms with Crippen LogP contribution in [-0.2, 0) is 5.41 Å². The summed E-state index contributed by atoms with van der Waals surface area (Å²) in [6.45, 7) is 1.14. The molecule has 1 aromatic rings. The molecule has 3 nitrogen and oxygen atoms in total. The number of fused-ring (bicyclic) bond motifs is 1. The van der Waals surface area contributed by atoms with Crippen LogP contribution in [0.3, 0.4) is 0 Å². The lowest BCUT2D eigenvalue weighted by Crippen LogP contribution is -2.60. The van der Waals surface area contributed by atoms with Gasteiger partial charge < -0.3 is 9.84 Å². The topological polar surface area (TPSA) is 32.7 Å². The minimum absolute atomic E-state index is 0.170. The van der Waals surface area contributed by atoms with Crippen LogP contribution in [-0.4, -0.2) is 35.7 Å². The number of rotatable bonds is 0. The lowest BCUT2D eigenvalue weighted by Gasteiger charge is -2.51. The first-order chi connectivity index (χ1) is 8.72. The van der Waals surface area contributed by atoms with Crippen molar-refractivity contribution in [2.24, 2.45) is 0 Å². The van der Waals surface area contributed by atoms with Crippen molar-refractivity contribution in [2.75, 3.05) is 13.6 Å². The van der Waals surface area contributed by atoms with Crippen LogP contribution in [0.4, 0.5) is 0 Å². The van der Waals surface area contributed by atoms with Gasteiger partial charge in [0.1, 0.15) is 6.10 Å². The van der Waals surface area contributed by atoms with E-state index in [2.05, 4.69) is 18.0 Å². The van der Waals surface area contributed by atoms with Gasteiger partial charge in [0.25, 0.3) is 0 Å². The molecule has 0 radical (unpaired) electrons. The lowest BCUT2D eigenvalue weighted by atomic mass is 9.62. The van der Waals surface area contributed by atoms with Crippen LogP contribution in [0, 0.1) is 0 Å². The molecule has 0 spiro atoms. The summed E-state index contributed by atoms with van der Waals surface area (Å²) in [6.07, 6.45) is 5.09. The van der Waals surface area contributed by atoms with Crippen LogP contribution in [0.2, 0.25) is 0 Å². The van der Waals surface area contributed by atoms with E-state index < -0.39 is 0 Å². The van der Waals surface area contributed by atoms with Gasteiger partial charge in [0.15, 0.2) is 11.5 Å². The zero-order chi connectivity index (χ0) is 12.3. The highest BCUT2D eigenvalue weighted by molar-refractivity contribution is 5.54. The molecule has 2 aliphatic heterocycles. The van der Waals surface area contributed by atoms with Crippen molar-refractivity contribution >= 4 is 0 Å². The summed E-state index contributed by atoms with van der Waals surface area (Å²) >= 11 is 0. The van der Waals surface area contributed by atoms with Gasteiger partial charge in [-0.2, -0.15) is 0 Å². The van der Waals surface area contributed by atoms with Crippen LogP contribution >= 0.6 is 0 Å². The van der Waals surface area contributed by atoms with E-state index >= 15 is 0 Å². The van der Waals surface area contributed by atoms with Crippen LogP contribution in [0.25, 0.3) is 0 Å². The average molecular weight is 245 g/mol. The third-order valence-corrected chi connectivity index (χ3v) is 5.27. The monoisotopic (exact) mass is 245 g/mol. The van der Waals surface area contributed by atoms with Gasteiger partial charge in [-0.1, -0.05) is 18.6 Å². The number of hydrogen-bond donors (Lipinski definition) is 1. The van der Waals surface area contributed by atoms with Crippen LogP contribution in [0.1, 0.15) is 31.2 Å². The molecule has 1 aliphatic carbocycles. The largest absolute Gasteiger partial charge is 0.504 e. The molecular formula is C15H19NO2. The summed E-state index contributed by atoms with van der Waals surface area (Å²) in [5.41, 5.74) is 1.43. The van der Waals surface area contributed by atoms with Gasteiger partial charge in [-0.15, -0.1) is 0 Å². The van der Waals surface area contributed by atoms with Gasteiger partial charge in [-0.05, 0) is 38.9 Å². The van der Waals surface area contributed by atoms with Crippen LogP contribution < -0.4 is 4.74 Å². The van der Waals surface area contributed by atoms with E-state index in [9.17, 15) is 5.11 Å². The lowest BCUT2D eigenvalue weighted by molar-refractivity contribution is -0.0308. The second-order valence-corrected chi connectivity index (χ2v) is 6.04. The number of hydrogen-bond acceptors (Lipinski definition) is 3. The predicted octanol–water partition coefficient (Wildman–Crippen LogP) is 2.28. The molecule has 4 rings (SSSR count). The number of ether oxygens (including phenoxy) is 1. The van der Waals surface area contributed by atoms with Crippen molar-refractivity contribution < 1.29 is 9.84 Å². The number of phenolic OH excluding ortho intramolecular Hbond substituents is 1. The van der Waals surface area contributed by atoms with E-state index in [-0.39, 0.29) is 11.5 Å². The van der Waals surface area contributed by atoms with Crippen molar-refractivity contribution in [3.05, 3.63) is 23.8 Å². The summed E-state index contributed by atoms with van der Waals surface area (Å²) < 4.78 is 6.18. The zero-order valence-electron chi connectivity index (χ0n) is 10.7. The van der Waals surface area contributed by atoms with Crippen molar-refractivity contribution in [1.82, 2.24) is 4.90 Å². The van der Waals surface area contributed by atoms with Crippen molar-refractivity contribution in [1.29, 1.82) is 0 Å². The standard InChI is InChI=1S/C15H19NO2/c1-16-9-8-15-7-3-5-11(16)14(15)18-13-10(15)4-2-6-12(13)17/h2,4,6,11,14,17H,3,5,7-9H2,1H3/t11-,14+,15-/m0/s1. The SMILES string of the molecule is CN1CC[C@]23CCC[C@H]1[C@H]2Oc1c(O)cccc13. The summed E-state index contributed by atoms with van der Waals surface area (Å²) in [6, 6.07) is 6.36. The van der Waals surface area contributed by atoms with Crippen LogP contribution in [0.15, 0.2) is 18.2 Å². The average Bonchev–Trinajstić information content (AvgIpc) is 2.72. The second kappa shape index (κ2) is 3.41. The molecule has 3 atom stereocenters. The highest BCUT2D eigenvalue weighted by Crippen LogP contribution is 2.57. The first-order valence-electron chi connectivity index (χ1n) is 6.92. The fraction of sp³-hybridized carbons (Fsp3) is 0.600. The Morgan fingerprint density at radius 3 is 3.17 bits per heavy atom. The second-order valence-electron chi connectivity index (χ2n) is 6.04. The van der Waals surface area contributed by atoms with E-state index in [0.29, 0.717) is 11.8 Å². The first-order valence-corrected chi connectivity index (χ1v) is 6.92. The fourth-order valence-electron chi connectivity index (χ4n) is 4.33. The Morgan fingerprint density at radius 2 is 2.28 bits per heavy atom. The maximum atomic E-state index is 10.0. The van der Waals surface area contributed by atoms with E-state index in [4.69, 9.17) is 4.74 Å². The molecule has 2 fully saturated rings. The van der Waals surface area contributed by atoms with Gasteiger partial charge >= 0.3 is 0 Å². The Labute approximate surface area is 107 Å². The molecule has 1 N–H and O–H groups in total. The van der Waals surface area contributed by atoms with E-state index in [0.717, 1.165) is 18.7 Å². The highest BCUT2D eigenvalue weighted by Gasteiger charge is 2.57. The Morgan fingerprint density at radius 1 is 1.39 bits per heavy atom. The van der Waals surface area contributed by atoms with Gasteiger partial charge in [0, 0.05) is 17.0 Å². The van der Waals surface area contributed by atoms with Crippen molar-refractivity contribution in [2.45, 2.75) is 43.2 Å². The molecule has 0 aromatic heterocycles. The molecule has 3 heteroatoms. The maximum absolute atomic E-state index is 10.0. The zero-order valence-corrected chi connectivity index (χ0v) is 10.7. The molecular weight excluding hydrogens is 226 g/mol. The number of likely N-dealkylation sites (tertiary alicyclic amines) is 1. The Hall–Kier alpha value is -1.22. The number of piperidine rings is 1. The van der Waals surface area contributed by atoms with E-state index in [1.54, 1.807) is 6.07 Å². The third-order valence-electron chi connectivity index (χ3n) is 5.27. The Bertz CT molecular complexity index is 501. The smallest absolute Gasteiger partial charge is 0.165 e. The molecule has 1 aromatic carbocycles. The number of aromatic hydroxyl groups is 1. The van der Waals surface area contributed by atoms with Gasteiger partial charge in [-0.3, -0.25) is 4.90 Å². The molecule has 0 unspecified atom stereocenters. The summed E-state index contributed by atoms with van der Waals surface area (Å²) in [7, 11) is 2.20. The Balaban J connectivity index is 1.89. The minimum Gasteiger partial charge on any atom is -0.504 e. The van der Waals surface area contributed by atoms with Crippen LogP contribution in [0.5, 0.6) is 11.5 Å². The fourth-order valence-corrected chi connectivity index (χ4v) is 4.33. The molecule has 3 aliphatic rings. The summed E-state index contributed by atoms with van der Waals surface area (Å²) in [5, 5.41) is 10.0.